The molecule has 1 N–H and O–H groups in total. The van der Waals surface area contributed by atoms with Gasteiger partial charge in [0.15, 0.2) is 0 Å². The van der Waals surface area contributed by atoms with Gasteiger partial charge in [-0.2, -0.15) is 0 Å². The molecule has 2 aromatic heterocycles. The zero-order chi connectivity index (χ0) is 14.5. The highest BCUT2D eigenvalue weighted by Crippen LogP contribution is 1.92. The van der Waals surface area contributed by atoms with Crippen molar-refractivity contribution in [1.29, 1.82) is 0 Å². The van der Waals surface area contributed by atoms with E-state index in [9.17, 15) is 4.79 Å². The van der Waals surface area contributed by atoms with Crippen molar-refractivity contribution in [2.75, 3.05) is 0 Å². The van der Waals surface area contributed by atoms with E-state index in [2.05, 4.69) is 31.3 Å². The van der Waals surface area contributed by atoms with Gasteiger partial charge in [-0.05, 0) is 24.3 Å². The van der Waals surface area contributed by atoms with Gasteiger partial charge in [-0.15, -0.1) is 0 Å². The molecule has 0 aromatic carbocycles. The van der Waals surface area contributed by atoms with Crippen LogP contribution in [0.1, 0.15) is 10.4 Å². The second-order valence-corrected chi connectivity index (χ2v) is 5.28. The van der Waals surface area contributed by atoms with Gasteiger partial charge in [0.25, 0.3) is 0 Å². The van der Waals surface area contributed by atoms with Gasteiger partial charge in [0.1, 0.15) is 0 Å². The van der Waals surface area contributed by atoms with E-state index in [0.29, 0.717) is 0 Å². The Labute approximate surface area is 121 Å². The van der Waals surface area contributed by atoms with Gasteiger partial charge < -0.3 is 5.11 Å². The fourth-order valence-electron chi connectivity index (χ4n) is 0.802. The van der Waals surface area contributed by atoms with Crippen LogP contribution in [0.4, 0.5) is 0 Å². The van der Waals surface area contributed by atoms with Crippen molar-refractivity contribution in [2.24, 2.45) is 0 Å². The molecule has 0 amide bonds. The molecule has 0 unspecified atom stereocenters. The van der Waals surface area contributed by atoms with Gasteiger partial charge >= 0.3 is 5.97 Å². The van der Waals surface area contributed by atoms with E-state index in [1.807, 2.05) is 18.2 Å². The summed E-state index contributed by atoms with van der Waals surface area (Å²) in [5.41, 5.74) is 0.220. The van der Waals surface area contributed by atoms with Crippen LogP contribution in [0.15, 0.2) is 55.1 Å². The maximum absolute atomic E-state index is 10.2. The van der Waals surface area contributed by atoms with Gasteiger partial charge in [-0.1, -0.05) is 6.07 Å². The number of carboxylic acid groups (broad SMARTS) is 1. The normalized spacial score (nSPS) is 8.58. The maximum Gasteiger partial charge on any atom is 0.337 e. The minimum absolute atomic E-state index is 0.220. The molecular weight excluding hydrogens is 311 g/mol. The van der Waals surface area contributed by atoms with Crippen molar-refractivity contribution in [3.05, 3.63) is 60.7 Å². The predicted octanol–water partition coefficient (Wildman–Crippen LogP) is 2.90. The third-order valence-electron chi connectivity index (χ3n) is 1.47. The summed E-state index contributed by atoms with van der Waals surface area (Å²) in [7, 11) is 7.36. The quantitative estimate of drug-likeness (QED) is 0.817. The summed E-state index contributed by atoms with van der Waals surface area (Å²) < 4.78 is 9.09. The summed E-state index contributed by atoms with van der Waals surface area (Å²) >= 11 is 0. The van der Waals surface area contributed by atoms with Crippen LogP contribution in [0.3, 0.4) is 0 Å². The Balaban J connectivity index is 0.000000281. The number of hydrogen-bond acceptors (Lipinski definition) is 4. The summed E-state index contributed by atoms with van der Waals surface area (Å²) in [6.07, 6.45) is 6.34. The lowest BCUT2D eigenvalue weighted by Gasteiger charge is -1.87. The first-order valence-electron chi connectivity index (χ1n) is 4.76. The Kier molecular flexibility index (Phi) is 10.7. The number of pyridine rings is 2. The van der Waals surface area contributed by atoms with Gasteiger partial charge in [-0.3, -0.25) is 9.97 Å². The smallest absolute Gasteiger partial charge is 0.337 e. The van der Waals surface area contributed by atoms with Crippen molar-refractivity contribution in [2.45, 2.75) is 0 Å². The number of carbonyl (C=O) groups is 1. The van der Waals surface area contributed by atoms with Gasteiger partial charge in [0.2, 0.25) is 9.23 Å². The van der Waals surface area contributed by atoms with Crippen LogP contribution < -0.4 is 0 Å². The molecule has 0 aliphatic rings. The Morgan fingerprint density at radius 1 is 1.05 bits per heavy atom. The van der Waals surface area contributed by atoms with Crippen molar-refractivity contribution < 1.29 is 14.1 Å². The van der Waals surface area contributed by atoms with Gasteiger partial charge in [0.05, 0.1) is 5.56 Å². The van der Waals surface area contributed by atoms with E-state index in [-0.39, 0.29) is 5.56 Å². The van der Waals surface area contributed by atoms with E-state index in [4.69, 9.17) is 9.32 Å². The second-order valence-electron chi connectivity index (χ2n) is 2.76. The van der Waals surface area contributed by atoms with Crippen LogP contribution in [0.25, 0.3) is 0 Å². The number of aromatic nitrogens is 2. The molecule has 5 nitrogen and oxygen atoms in total. The van der Waals surface area contributed by atoms with Gasteiger partial charge in [-0.25, -0.2) is 9.00 Å². The fraction of sp³-hybridized carbons (Fsp3) is 0. The Morgan fingerprint density at radius 2 is 1.58 bits per heavy atom. The van der Waals surface area contributed by atoms with Crippen LogP contribution in [0.5, 0.6) is 0 Å². The highest BCUT2D eigenvalue weighted by atomic mass is 36.0. The number of hydrogen-bond donors (Lipinski definition) is 1. The highest BCUT2D eigenvalue weighted by molar-refractivity contribution is 8.26. The molecule has 0 saturated carbocycles. The van der Waals surface area contributed by atoms with Crippen molar-refractivity contribution >= 4 is 36.6 Å². The molecule has 0 bridgehead atoms. The largest absolute Gasteiger partial charge is 0.478 e. The third kappa shape index (κ3) is 12.7. The van der Waals surface area contributed by atoms with Gasteiger partial charge in [0, 0.05) is 46.2 Å². The van der Waals surface area contributed by atoms with Crippen molar-refractivity contribution in [3.8, 4) is 0 Å². The third-order valence-corrected chi connectivity index (χ3v) is 1.47. The maximum atomic E-state index is 10.2. The lowest BCUT2D eigenvalue weighted by atomic mass is 10.3. The monoisotopic (exact) mass is 320 g/mol. The Bertz CT molecular complexity index is 455. The van der Waals surface area contributed by atoms with Crippen LogP contribution in [-0.2, 0) is 9.23 Å². The summed E-state index contributed by atoms with van der Waals surface area (Å²) in [4.78, 5) is 17.6. The zero-order valence-corrected chi connectivity index (χ0v) is 11.8. The number of rotatable bonds is 1. The summed E-state index contributed by atoms with van der Waals surface area (Å²) in [6, 6.07) is 8.80. The Morgan fingerprint density at radius 3 is 1.79 bits per heavy atom. The van der Waals surface area contributed by atoms with E-state index >= 15 is 0 Å². The van der Waals surface area contributed by atoms with Crippen LogP contribution in [-0.4, -0.2) is 25.3 Å². The van der Waals surface area contributed by atoms with E-state index in [1.54, 1.807) is 18.5 Å². The number of aromatic carboxylic acids is 1. The molecule has 0 radical (unpaired) electrons. The zero-order valence-electron chi connectivity index (χ0n) is 9.52. The van der Waals surface area contributed by atoms with E-state index < -0.39 is 15.2 Å². The predicted molar refractivity (Wildman–Crippen MR) is 75.3 cm³/mol. The standard InChI is InChI=1S/C6H5NO2.C5H5N.Cl2OS/c8-6(9)5-2-1-3-7-4-5;1-2-4-6-5-3-1;1-4(2)3/h1-4H,(H,8,9);1-5H;. The Hall–Kier alpha value is -1.50. The number of nitrogens with zero attached hydrogens (tertiary/aromatic N) is 2. The number of carboxylic acids is 1. The van der Waals surface area contributed by atoms with Crippen molar-refractivity contribution in [3.63, 3.8) is 0 Å². The minimum atomic E-state index is -1.67. The average molecular weight is 321 g/mol. The lowest BCUT2D eigenvalue weighted by molar-refractivity contribution is 0.0696. The molecule has 19 heavy (non-hydrogen) atoms. The van der Waals surface area contributed by atoms with Crippen LogP contribution in [0, 0.1) is 0 Å². The minimum Gasteiger partial charge on any atom is -0.478 e. The lowest BCUT2D eigenvalue weighted by Crippen LogP contribution is -1.94. The molecular formula is C11H10Cl2N2O3S. The average Bonchev–Trinajstić information content (AvgIpc) is 2.42. The molecule has 2 rings (SSSR count). The van der Waals surface area contributed by atoms with Crippen LogP contribution >= 0.6 is 21.4 Å². The summed E-state index contributed by atoms with van der Waals surface area (Å²) in [5, 5.41) is 8.34. The molecule has 0 aliphatic heterocycles. The molecule has 2 aromatic rings. The number of halogens is 2. The molecule has 0 fully saturated rings. The molecule has 0 saturated heterocycles. The molecule has 102 valence electrons. The first kappa shape index (κ1) is 17.5. The first-order chi connectivity index (χ1) is 9.04. The first-order valence-corrected chi connectivity index (χ1v) is 7.57. The summed E-state index contributed by atoms with van der Waals surface area (Å²) in [5.74, 6) is -0.942. The second kappa shape index (κ2) is 11.6. The molecule has 0 spiro atoms. The topological polar surface area (TPSA) is 80.1 Å². The van der Waals surface area contributed by atoms with E-state index in [1.165, 1.54) is 18.5 Å². The fourth-order valence-corrected chi connectivity index (χ4v) is 0.802. The van der Waals surface area contributed by atoms with Crippen molar-refractivity contribution in [1.82, 2.24) is 9.97 Å². The summed E-state index contributed by atoms with van der Waals surface area (Å²) in [6.45, 7) is 0. The van der Waals surface area contributed by atoms with E-state index in [0.717, 1.165) is 0 Å². The SMILES string of the molecule is O=C(O)c1cccnc1.O=S(Cl)Cl.c1ccncc1. The van der Waals surface area contributed by atoms with Crippen LogP contribution in [0.2, 0.25) is 0 Å². The molecule has 2 heterocycles. The molecule has 8 heteroatoms. The molecule has 0 atom stereocenters. The highest BCUT2D eigenvalue weighted by Gasteiger charge is 1.97. The molecule has 0 aliphatic carbocycles.